The predicted octanol–water partition coefficient (Wildman–Crippen LogP) is 3.11. The first-order valence-electron chi connectivity index (χ1n) is 4.84. The summed E-state index contributed by atoms with van der Waals surface area (Å²) in [6.07, 6.45) is 0.936. The summed E-state index contributed by atoms with van der Waals surface area (Å²) in [6.45, 7) is 1.79. The average Bonchev–Trinajstić information content (AvgIpc) is 2.27. The van der Waals surface area contributed by atoms with Crippen LogP contribution in [-0.2, 0) is 11.2 Å². The Labute approximate surface area is 98.0 Å². The van der Waals surface area contributed by atoms with Crippen molar-refractivity contribution >= 4 is 21.7 Å². The van der Waals surface area contributed by atoms with Gasteiger partial charge in [0, 0.05) is 10.9 Å². The molecular formula is C12H12BrNO. The number of carbonyl (C=O) groups is 1. The van der Waals surface area contributed by atoms with Crippen LogP contribution in [0.4, 0.5) is 0 Å². The topological polar surface area (TPSA) is 40.9 Å². The molecule has 0 radical (unpaired) electrons. The van der Waals surface area contributed by atoms with Gasteiger partial charge < -0.3 is 0 Å². The highest BCUT2D eigenvalue weighted by Gasteiger charge is 2.15. The highest BCUT2D eigenvalue weighted by Crippen LogP contribution is 2.14. The lowest BCUT2D eigenvalue weighted by atomic mass is 9.95. The van der Waals surface area contributed by atoms with Crippen LogP contribution >= 0.6 is 15.9 Å². The van der Waals surface area contributed by atoms with Crippen molar-refractivity contribution in [1.29, 1.82) is 5.26 Å². The summed E-state index contributed by atoms with van der Waals surface area (Å²) < 4.78 is 1.00. The van der Waals surface area contributed by atoms with Crippen LogP contribution in [0.3, 0.4) is 0 Å². The lowest BCUT2D eigenvalue weighted by Gasteiger charge is -2.06. The van der Waals surface area contributed by atoms with E-state index in [1.807, 2.05) is 24.3 Å². The van der Waals surface area contributed by atoms with Crippen molar-refractivity contribution in [3.8, 4) is 6.07 Å². The molecule has 0 fully saturated rings. The van der Waals surface area contributed by atoms with E-state index in [1.165, 1.54) is 0 Å². The maximum atomic E-state index is 11.4. The van der Waals surface area contributed by atoms with Gasteiger partial charge >= 0.3 is 0 Å². The quantitative estimate of drug-likeness (QED) is 0.840. The number of carbonyl (C=O) groups excluding carboxylic acids is 1. The van der Waals surface area contributed by atoms with E-state index in [2.05, 4.69) is 22.0 Å². The molecular weight excluding hydrogens is 254 g/mol. The van der Waals surface area contributed by atoms with Crippen LogP contribution in [0, 0.1) is 17.2 Å². The van der Waals surface area contributed by atoms with Gasteiger partial charge in [0.2, 0.25) is 0 Å². The first-order chi connectivity index (χ1) is 7.17. The zero-order valence-corrected chi connectivity index (χ0v) is 10.1. The number of nitrogens with zero attached hydrogens (tertiary/aromatic N) is 1. The van der Waals surface area contributed by atoms with Crippen molar-refractivity contribution in [2.24, 2.45) is 5.92 Å². The predicted molar refractivity (Wildman–Crippen MR) is 62.2 cm³/mol. The van der Waals surface area contributed by atoms with Crippen LogP contribution < -0.4 is 0 Å². The molecule has 0 saturated heterocycles. The van der Waals surface area contributed by atoms with Crippen LogP contribution in [0.5, 0.6) is 0 Å². The van der Waals surface area contributed by atoms with Crippen molar-refractivity contribution in [3.05, 3.63) is 34.3 Å². The summed E-state index contributed by atoms with van der Waals surface area (Å²) >= 11 is 3.34. The minimum atomic E-state index is -0.504. The number of hydrogen-bond acceptors (Lipinski definition) is 2. The van der Waals surface area contributed by atoms with Gasteiger partial charge in [-0.05, 0) is 24.1 Å². The first-order valence-corrected chi connectivity index (χ1v) is 5.63. The summed E-state index contributed by atoms with van der Waals surface area (Å²) in [5.41, 5.74) is 1.02. The maximum absolute atomic E-state index is 11.4. The second kappa shape index (κ2) is 5.67. The molecule has 0 unspecified atom stereocenters. The number of ketones is 1. The summed E-state index contributed by atoms with van der Waals surface area (Å²) in [5, 5.41) is 8.86. The van der Waals surface area contributed by atoms with E-state index in [0.29, 0.717) is 12.8 Å². The Kier molecular flexibility index (Phi) is 4.51. The molecule has 15 heavy (non-hydrogen) atoms. The molecule has 0 spiro atoms. The summed E-state index contributed by atoms with van der Waals surface area (Å²) in [5.74, 6) is -0.489. The van der Waals surface area contributed by atoms with E-state index in [0.717, 1.165) is 10.0 Å². The number of Topliss-reactive ketones (excluding diaryl/α,β-unsaturated/α-hetero) is 1. The van der Waals surface area contributed by atoms with Gasteiger partial charge in [-0.3, -0.25) is 4.79 Å². The smallest absolute Gasteiger partial charge is 0.150 e. The van der Waals surface area contributed by atoms with E-state index in [1.54, 1.807) is 6.92 Å². The monoisotopic (exact) mass is 265 g/mol. The van der Waals surface area contributed by atoms with Gasteiger partial charge in [0.25, 0.3) is 0 Å². The number of hydrogen-bond donors (Lipinski definition) is 0. The standard InChI is InChI=1S/C12H12BrNO/c1-2-12(15)10(8-14)7-9-3-5-11(13)6-4-9/h3-6,10H,2,7H2,1H3/t10-/m0/s1. The van der Waals surface area contributed by atoms with Gasteiger partial charge in [-0.25, -0.2) is 0 Å². The molecule has 0 saturated carbocycles. The van der Waals surface area contributed by atoms with Gasteiger partial charge in [-0.15, -0.1) is 0 Å². The Morgan fingerprint density at radius 1 is 1.47 bits per heavy atom. The van der Waals surface area contributed by atoms with Crippen LogP contribution in [0.15, 0.2) is 28.7 Å². The van der Waals surface area contributed by atoms with Crippen molar-refractivity contribution in [3.63, 3.8) is 0 Å². The van der Waals surface area contributed by atoms with Crippen molar-refractivity contribution < 1.29 is 4.79 Å². The molecule has 0 aliphatic heterocycles. The summed E-state index contributed by atoms with van der Waals surface area (Å²) in [7, 11) is 0. The van der Waals surface area contributed by atoms with Crippen molar-refractivity contribution in [2.45, 2.75) is 19.8 Å². The average molecular weight is 266 g/mol. The highest BCUT2D eigenvalue weighted by molar-refractivity contribution is 9.10. The third kappa shape index (κ3) is 3.49. The molecule has 78 valence electrons. The van der Waals surface area contributed by atoms with E-state index in [9.17, 15) is 4.79 Å². The number of rotatable bonds is 4. The van der Waals surface area contributed by atoms with E-state index >= 15 is 0 Å². The maximum Gasteiger partial charge on any atom is 0.150 e. The largest absolute Gasteiger partial charge is 0.298 e. The Bertz CT molecular complexity index is 378. The van der Waals surface area contributed by atoms with Gasteiger partial charge in [-0.2, -0.15) is 5.26 Å². The van der Waals surface area contributed by atoms with Crippen LogP contribution in [0.2, 0.25) is 0 Å². The first kappa shape index (κ1) is 11.9. The molecule has 3 heteroatoms. The van der Waals surface area contributed by atoms with Crippen molar-refractivity contribution in [2.75, 3.05) is 0 Å². The Morgan fingerprint density at radius 2 is 2.07 bits per heavy atom. The summed E-state index contributed by atoms with van der Waals surface area (Å²) in [6, 6.07) is 9.74. The lowest BCUT2D eigenvalue weighted by molar-refractivity contribution is -0.120. The minimum Gasteiger partial charge on any atom is -0.298 e. The van der Waals surface area contributed by atoms with Gasteiger partial charge in [-0.1, -0.05) is 35.0 Å². The fraction of sp³-hybridized carbons (Fsp3) is 0.333. The van der Waals surface area contributed by atoms with Crippen LogP contribution in [0.25, 0.3) is 0 Å². The molecule has 0 aliphatic rings. The van der Waals surface area contributed by atoms with Crippen LogP contribution in [0.1, 0.15) is 18.9 Å². The van der Waals surface area contributed by atoms with Crippen molar-refractivity contribution in [1.82, 2.24) is 0 Å². The molecule has 0 amide bonds. The minimum absolute atomic E-state index is 0.0143. The Hall–Kier alpha value is -1.14. The fourth-order valence-corrected chi connectivity index (χ4v) is 1.60. The van der Waals surface area contributed by atoms with E-state index in [-0.39, 0.29) is 5.78 Å². The second-order valence-electron chi connectivity index (χ2n) is 3.33. The molecule has 0 heterocycles. The summed E-state index contributed by atoms with van der Waals surface area (Å²) in [4.78, 5) is 11.4. The van der Waals surface area contributed by atoms with E-state index in [4.69, 9.17) is 5.26 Å². The van der Waals surface area contributed by atoms with Gasteiger partial charge in [0.1, 0.15) is 11.7 Å². The molecule has 1 aromatic rings. The molecule has 0 aliphatic carbocycles. The zero-order valence-electron chi connectivity index (χ0n) is 8.53. The molecule has 2 nitrogen and oxygen atoms in total. The fourth-order valence-electron chi connectivity index (χ4n) is 1.33. The highest BCUT2D eigenvalue weighted by atomic mass is 79.9. The molecule has 1 aromatic carbocycles. The molecule has 0 bridgehead atoms. The van der Waals surface area contributed by atoms with Crippen LogP contribution in [-0.4, -0.2) is 5.78 Å². The SMILES string of the molecule is CCC(=O)[C@H](C#N)Cc1ccc(Br)cc1. The molecule has 0 aromatic heterocycles. The molecule has 1 atom stereocenters. The third-order valence-electron chi connectivity index (χ3n) is 2.25. The lowest BCUT2D eigenvalue weighted by Crippen LogP contribution is -2.14. The third-order valence-corrected chi connectivity index (χ3v) is 2.77. The normalized spacial score (nSPS) is 11.8. The molecule has 0 N–H and O–H groups in total. The number of halogens is 1. The van der Waals surface area contributed by atoms with E-state index < -0.39 is 5.92 Å². The number of nitriles is 1. The zero-order chi connectivity index (χ0) is 11.3. The number of benzene rings is 1. The Balaban J connectivity index is 2.72. The Morgan fingerprint density at radius 3 is 2.53 bits per heavy atom. The molecule has 1 rings (SSSR count). The second-order valence-corrected chi connectivity index (χ2v) is 4.25. The van der Waals surface area contributed by atoms with Gasteiger partial charge in [0.05, 0.1) is 6.07 Å². The van der Waals surface area contributed by atoms with Gasteiger partial charge in [0.15, 0.2) is 0 Å².